The summed E-state index contributed by atoms with van der Waals surface area (Å²) in [6, 6.07) is 6.27. The Kier molecular flexibility index (Phi) is 6.88. The summed E-state index contributed by atoms with van der Waals surface area (Å²) in [5.41, 5.74) is 1.25. The lowest BCUT2D eigenvalue weighted by atomic mass is 10.0. The lowest BCUT2D eigenvalue weighted by Gasteiger charge is -2.13. The number of halogens is 1. The second-order valence-electron chi connectivity index (χ2n) is 5.72. The molecular weight excluding hydrogens is 314 g/mol. The quantitative estimate of drug-likeness (QED) is 0.679. The molecule has 1 aliphatic rings. The van der Waals surface area contributed by atoms with E-state index in [1.54, 1.807) is 0 Å². The van der Waals surface area contributed by atoms with E-state index in [4.69, 9.17) is 4.74 Å². The molecule has 1 aromatic carbocycles. The Morgan fingerprint density at radius 1 is 1.30 bits per heavy atom. The van der Waals surface area contributed by atoms with Crippen molar-refractivity contribution in [2.45, 2.75) is 52.0 Å². The Hall–Kier alpha value is -0.540. The molecule has 1 fully saturated rings. The van der Waals surface area contributed by atoms with Crippen LogP contribution in [0.5, 0.6) is 5.75 Å². The molecule has 1 N–H and O–H groups in total. The van der Waals surface area contributed by atoms with Gasteiger partial charge in [0.25, 0.3) is 0 Å². The molecular formula is C17H26BrNO. The summed E-state index contributed by atoms with van der Waals surface area (Å²) >= 11 is 3.54. The van der Waals surface area contributed by atoms with E-state index in [9.17, 15) is 0 Å². The Morgan fingerprint density at radius 2 is 2.10 bits per heavy atom. The highest BCUT2D eigenvalue weighted by molar-refractivity contribution is 9.10. The van der Waals surface area contributed by atoms with Crippen LogP contribution in [0.25, 0.3) is 0 Å². The van der Waals surface area contributed by atoms with E-state index in [0.29, 0.717) is 0 Å². The highest BCUT2D eigenvalue weighted by atomic mass is 79.9. The fourth-order valence-corrected chi connectivity index (χ4v) is 3.28. The van der Waals surface area contributed by atoms with E-state index in [1.807, 2.05) is 6.07 Å². The molecule has 0 aromatic heterocycles. The summed E-state index contributed by atoms with van der Waals surface area (Å²) < 4.78 is 6.93. The van der Waals surface area contributed by atoms with Crippen molar-refractivity contribution >= 4 is 15.9 Å². The summed E-state index contributed by atoms with van der Waals surface area (Å²) in [7, 11) is 0. The minimum atomic E-state index is 0.788. The summed E-state index contributed by atoms with van der Waals surface area (Å²) in [6.45, 7) is 4.94. The van der Waals surface area contributed by atoms with Crippen molar-refractivity contribution in [1.29, 1.82) is 0 Å². The van der Waals surface area contributed by atoms with Crippen LogP contribution in [0, 0.1) is 5.92 Å². The average molecular weight is 340 g/mol. The molecule has 0 saturated heterocycles. The van der Waals surface area contributed by atoms with Crippen LogP contribution in [0.1, 0.15) is 51.0 Å². The largest absolute Gasteiger partial charge is 0.493 e. The lowest BCUT2D eigenvalue weighted by molar-refractivity contribution is 0.313. The third-order valence-electron chi connectivity index (χ3n) is 4.00. The summed E-state index contributed by atoms with van der Waals surface area (Å²) in [6.07, 6.45) is 8.10. The maximum absolute atomic E-state index is 5.81. The predicted octanol–water partition coefficient (Wildman–Crippen LogP) is 4.91. The van der Waals surface area contributed by atoms with Gasteiger partial charge in [0.15, 0.2) is 0 Å². The van der Waals surface area contributed by atoms with Gasteiger partial charge in [0, 0.05) is 16.6 Å². The van der Waals surface area contributed by atoms with Gasteiger partial charge in [0.2, 0.25) is 0 Å². The predicted molar refractivity (Wildman–Crippen MR) is 88.2 cm³/mol. The first-order valence-corrected chi connectivity index (χ1v) is 8.71. The Balaban J connectivity index is 1.79. The van der Waals surface area contributed by atoms with Crippen LogP contribution >= 0.6 is 15.9 Å². The Morgan fingerprint density at radius 3 is 2.85 bits per heavy atom. The summed E-state index contributed by atoms with van der Waals surface area (Å²) in [5, 5.41) is 3.57. The fraction of sp³-hybridized carbons (Fsp3) is 0.647. The van der Waals surface area contributed by atoms with Crippen molar-refractivity contribution in [3.05, 3.63) is 28.2 Å². The smallest absolute Gasteiger partial charge is 0.123 e. The highest BCUT2D eigenvalue weighted by Gasteiger charge is 2.14. The second kappa shape index (κ2) is 8.68. The Labute approximate surface area is 131 Å². The maximum Gasteiger partial charge on any atom is 0.123 e. The third-order valence-corrected chi connectivity index (χ3v) is 4.50. The zero-order valence-electron chi connectivity index (χ0n) is 12.5. The minimum absolute atomic E-state index is 0.788. The molecule has 2 rings (SSSR count). The molecule has 0 aliphatic heterocycles. The fourth-order valence-electron chi connectivity index (χ4n) is 2.87. The molecule has 0 atom stereocenters. The Bertz CT molecular complexity index is 402. The first-order chi connectivity index (χ1) is 9.79. The van der Waals surface area contributed by atoms with Gasteiger partial charge in [0.05, 0.1) is 6.61 Å². The first-order valence-electron chi connectivity index (χ1n) is 7.91. The molecule has 0 radical (unpaired) electrons. The SMILES string of the molecule is CCCOc1ccc(Br)cc1CNCCC1CCCC1. The molecule has 20 heavy (non-hydrogen) atoms. The van der Waals surface area contributed by atoms with E-state index in [-0.39, 0.29) is 0 Å². The van der Waals surface area contributed by atoms with Crippen LogP contribution < -0.4 is 10.1 Å². The standard InChI is InChI=1S/C17H26BrNO/c1-2-11-20-17-8-7-16(18)12-15(17)13-19-10-9-14-5-3-4-6-14/h7-8,12,14,19H,2-6,9-11,13H2,1H3. The van der Waals surface area contributed by atoms with E-state index in [0.717, 1.165) is 42.3 Å². The zero-order valence-corrected chi connectivity index (χ0v) is 14.0. The normalized spacial score (nSPS) is 15.7. The van der Waals surface area contributed by atoms with E-state index >= 15 is 0 Å². The highest BCUT2D eigenvalue weighted by Crippen LogP contribution is 2.27. The monoisotopic (exact) mass is 339 g/mol. The average Bonchev–Trinajstić information content (AvgIpc) is 2.96. The van der Waals surface area contributed by atoms with Crippen LogP contribution in [0.4, 0.5) is 0 Å². The maximum atomic E-state index is 5.81. The van der Waals surface area contributed by atoms with Gasteiger partial charge in [-0.3, -0.25) is 0 Å². The van der Waals surface area contributed by atoms with Crippen LogP contribution in [-0.2, 0) is 6.54 Å². The van der Waals surface area contributed by atoms with E-state index < -0.39 is 0 Å². The van der Waals surface area contributed by atoms with Crippen molar-refractivity contribution in [3.63, 3.8) is 0 Å². The van der Waals surface area contributed by atoms with Gasteiger partial charge in [-0.2, -0.15) is 0 Å². The molecule has 3 heteroatoms. The molecule has 112 valence electrons. The van der Waals surface area contributed by atoms with Crippen molar-refractivity contribution < 1.29 is 4.74 Å². The number of ether oxygens (including phenoxy) is 1. The van der Waals surface area contributed by atoms with Crippen LogP contribution in [-0.4, -0.2) is 13.2 Å². The molecule has 0 heterocycles. The van der Waals surface area contributed by atoms with Crippen molar-refractivity contribution in [1.82, 2.24) is 5.32 Å². The van der Waals surface area contributed by atoms with Gasteiger partial charge in [0.1, 0.15) is 5.75 Å². The second-order valence-corrected chi connectivity index (χ2v) is 6.63. The van der Waals surface area contributed by atoms with Crippen molar-refractivity contribution in [3.8, 4) is 5.75 Å². The molecule has 0 unspecified atom stereocenters. The molecule has 0 amide bonds. The van der Waals surface area contributed by atoms with E-state index in [2.05, 4.69) is 40.3 Å². The summed E-state index contributed by atoms with van der Waals surface area (Å²) in [5.74, 6) is 1.98. The number of benzene rings is 1. The van der Waals surface area contributed by atoms with Gasteiger partial charge in [-0.15, -0.1) is 0 Å². The van der Waals surface area contributed by atoms with Crippen molar-refractivity contribution in [2.24, 2.45) is 5.92 Å². The van der Waals surface area contributed by atoms with Crippen LogP contribution in [0.2, 0.25) is 0 Å². The molecule has 2 nitrogen and oxygen atoms in total. The molecule has 1 aliphatic carbocycles. The van der Waals surface area contributed by atoms with Gasteiger partial charge < -0.3 is 10.1 Å². The van der Waals surface area contributed by atoms with Gasteiger partial charge >= 0.3 is 0 Å². The van der Waals surface area contributed by atoms with Crippen LogP contribution in [0.15, 0.2) is 22.7 Å². The number of nitrogens with one attached hydrogen (secondary N) is 1. The van der Waals surface area contributed by atoms with Crippen molar-refractivity contribution in [2.75, 3.05) is 13.2 Å². The lowest BCUT2D eigenvalue weighted by Crippen LogP contribution is -2.17. The number of rotatable bonds is 8. The third kappa shape index (κ3) is 5.10. The molecule has 1 saturated carbocycles. The number of hydrogen-bond acceptors (Lipinski definition) is 2. The first kappa shape index (κ1) is 15.8. The van der Waals surface area contributed by atoms with Gasteiger partial charge in [-0.1, -0.05) is 48.5 Å². The number of hydrogen-bond donors (Lipinski definition) is 1. The summed E-state index contributed by atoms with van der Waals surface area (Å²) in [4.78, 5) is 0. The van der Waals surface area contributed by atoms with Crippen LogP contribution in [0.3, 0.4) is 0 Å². The van der Waals surface area contributed by atoms with Gasteiger partial charge in [-0.25, -0.2) is 0 Å². The minimum Gasteiger partial charge on any atom is -0.493 e. The zero-order chi connectivity index (χ0) is 14.2. The topological polar surface area (TPSA) is 21.3 Å². The molecule has 0 spiro atoms. The molecule has 1 aromatic rings. The van der Waals surface area contributed by atoms with Gasteiger partial charge in [-0.05, 0) is 43.5 Å². The van der Waals surface area contributed by atoms with E-state index in [1.165, 1.54) is 37.7 Å². The molecule has 0 bridgehead atoms.